The molecule has 0 bridgehead atoms. The molecule has 2 rings (SSSR count). The zero-order chi connectivity index (χ0) is 12.3. The van der Waals surface area contributed by atoms with Gasteiger partial charge in [0.15, 0.2) is 0 Å². The summed E-state index contributed by atoms with van der Waals surface area (Å²) in [4.78, 5) is 0. The van der Waals surface area contributed by atoms with Crippen molar-refractivity contribution in [3.63, 3.8) is 0 Å². The topological polar surface area (TPSA) is 0 Å². The highest BCUT2D eigenvalue weighted by Crippen LogP contribution is 1.99. The maximum Gasteiger partial charge on any atom is -0.0260 e. The van der Waals surface area contributed by atoms with Crippen LogP contribution < -0.4 is 0 Å². The minimum absolute atomic E-state index is 1.14. The Balaban J connectivity index is 0.000000171. The number of aryl methyl sites for hydroxylation is 1. The van der Waals surface area contributed by atoms with Crippen LogP contribution in [0, 0.1) is 0 Å². The van der Waals surface area contributed by atoms with Gasteiger partial charge in [0.25, 0.3) is 0 Å². The molecule has 0 aliphatic heterocycles. The van der Waals surface area contributed by atoms with Crippen LogP contribution in [0.4, 0.5) is 0 Å². The molecule has 0 atom stereocenters. The van der Waals surface area contributed by atoms with Crippen LogP contribution in [0.15, 0.2) is 66.7 Å². The molecule has 0 aromatic heterocycles. The maximum atomic E-state index is 2.16. The van der Waals surface area contributed by atoms with Gasteiger partial charge in [0.05, 0.1) is 0 Å². The predicted molar refractivity (Wildman–Crippen MR) is 77.0 cm³/mol. The zero-order valence-electron chi connectivity index (χ0n) is 10.6. The number of benzene rings is 2. The minimum atomic E-state index is 1.14. The Morgan fingerprint density at radius 2 is 1.35 bits per heavy atom. The second-order valence-corrected chi connectivity index (χ2v) is 3.75. The molecule has 0 amide bonds. The van der Waals surface area contributed by atoms with E-state index in [4.69, 9.17) is 0 Å². The summed E-state index contributed by atoms with van der Waals surface area (Å²) in [5.74, 6) is 0. The number of allylic oxidation sites excluding steroid dienone is 1. The summed E-state index contributed by atoms with van der Waals surface area (Å²) in [5.41, 5.74) is 2.67. The van der Waals surface area contributed by atoms with Crippen LogP contribution in [0.1, 0.15) is 25.0 Å². The molecule has 0 spiro atoms. The molecule has 17 heavy (non-hydrogen) atoms. The third-order valence-electron chi connectivity index (χ3n) is 2.41. The van der Waals surface area contributed by atoms with Gasteiger partial charge in [0.1, 0.15) is 0 Å². The average Bonchev–Trinajstić information content (AvgIpc) is 2.42. The molecule has 0 heterocycles. The second kappa shape index (κ2) is 8.35. The fourth-order valence-corrected chi connectivity index (χ4v) is 1.47. The summed E-state index contributed by atoms with van der Waals surface area (Å²) in [6.45, 7) is 4.18. The van der Waals surface area contributed by atoms with Crippen molar-refractivity contribution in [2.75, 3.05) is 0 Å². The number of rotatable bonds is 2. The normalized spacial score (nSPS) is 9.76. The van der Waals surface area contributed by atoms with Gasteiger partial charge in [0.2, 0.25) is 0 Å². The SMILES string of the molecule is CC=Cc1ccccc1.CCc1ccccc1. The number of hydrogen-bond donors (Lipinski definition) is 0. The molecule has 0 saturated heterocycles. The first kappa shape index (κ1) is 13.2. The molecule has 88 valence electrons. The lowest BCUT2D eigenvalue weighted by Gasteiger charge is -1.89. The summed E-state index contributed by atoms with van der Waals surface area (Å²) >= 11 is 0. The average molecular weight is 224 g/mol. The standard InChI is InChI=1S/C9H10.C8H10/c1-2-6-9-7-4-3-5-8-9;1-2-8-6-4-3-5-7-8/h2-8H,1H3;3-7H,2H2,1H3. The maximum absolute atomic E-state index is 2.16. The smallest absolute Gasteiger partial charge is 0.0260 e. The molecular formula is C17H20. The van der Waals surface area contributed by atoms with Crippen molar-refractivity contribution >= 4 is 6.08 Å². The third-order valence-corrected chi connectivity index (χ3v) is 2.41. The Kier molecular flexibility index (Phi) is 6.50. The van der Waals surface area contributed by atoms with Crippen LogP contribution in [0.25, 0.3) is 6.08 Å². The zero-order valence-corrected chi connectivity index (χ0v) is 10.6. The van der Waals surface area contributed by atoms with E-state index in [-0.39, 0.29) is 0 Å². The van der Waals surface area contributed by atoms with Crippen molar-refractivity contribution in [1.82, 2.24) is 0 Å². The van der Waals surface area contributed by atoms with Gasteiger partial charge in [-0.1, -0.05) is 79.7 Å². The van der Waals surface area contributed by atoms with E-state index in [9.17, 15) is 0 Å². The van der Waals surface area contributed by atoms with E-state index in [1.807, 2.05) is 37.3 Å². The van der Waals surface area contributed by atoms with Gasteiger partial charge in [-0.25, -0.2) is 0 Å². The summed E-state index contributed by atoms with van der Waals surface area (Å²) < 4.78 is 0. The predicted octanol–water partition coefficient (Wildman–Crippen LogP) is 4.97. The molecule has 0 unspecified atom stereocenters. The monoisotopic (exact) mass is 224 g/mol. The molecule has 0 saturated carbocycles. The Morgan fingerprint density at radius 3 is 1.76 bits per heavy atom. The van der Waals surface area contributed by atoms with E-state index >= 15 is 0 Å². The third kappa shape index (κ3) is 5.72. The van der Waals surface area contributed by atoms with Crippen LogP contribution in [0.3, 0.4) is 0 Å². The molecule has 2 aromatic rings. The van der Waals surface area contributed by atoms with E-state index in [0.29, 0.717) is 0 Å². The fraction of sp³-hybridized carbons (Fsp3) is 0.176. The second-order valence-electron chi connectivity index (χ2n) is 3.75. The molecule has 0 N–H and O–H groups in total. The lowest BCUT2D eigenvalue weighted by atomic mass is 10.2. The van der Waals surface area contributed by atoms with E-state index in [2.05, 4.69) is 49.4 Å². The molecule has 0 radical (unpaired) electrons. The highest BCUT2D eigenvalue weighted by molar-refractivity contribution is 5.47. The Bertz CT molecular complexity index is 412. The summed E-state index contributed by atoms with van der Waals surface area (Å²) in [5, 5.41) is 0. The number of hydrogen-bond acceptors (Lipinski definition) is 0. The molecule has 0 nitrogen and oxygen atoms in total. The lowest BCUT2D eigenvalue weighted by molar-refractivity contribution is 1.14. The van der Waals surface area contributed by atoms with Crippen LogP contribution >= 0.6 is 0 Å². The summed E-state index contributed by atoms with van der Waals surface area (Å²) in [7, 11) is 0. The molecular weight excluding hydrogens is 204 g/mol. The molecule has 0 fully saturated rings. The van der Waals surface area contributed by atoms with Crippen LogP contribution in [-0.4, -0.2) is 0 Å². The Hall–Kier alpha value is -1.82. The Labute approximate surface area is 105 Å². The quantitative estimate of drug-likeness (QED) is 0.675. The van der Waals surface area contributed by atoms with E-state index in [0.717, 1.165) is 6.42 Å². The highest BCUT2D eigenvalue weighted by Gasteiger charge is 1.80. The van der Waals surface area contributed by atoms with E-state index in [1.165, 1.54) is 11.1 Å². The van der Waals surface area contributed by atoms with Gasteiger partial charge in [-0.05, 0) is 24.5 Å². The van der Waals surface area contributed by atoms with Gasteiger partial charge in [-0.2, -0.15) is 0 Å². The summed E-state index contributed by atoms with van der Waals surface area (Å²) in [6.07, 6.45) is 5.26. The van der Waals surface area contributed by atoms with Crippen LogP contribution in [0.5, 0.6) is 0 Å². The van der Waals surface area contributed by atoms with E-state index < -0.39 is 0 Å². The Morgan fingerprint density at radius 1 is 0.824 bits per heavy atom. The first-order valence-corrected chi connectivity index (χ1v) is 6.08. The van der Waals surface area contributed by atoms with Crippen molar-refractivity contribution in [2.45, 2.75) is 20.3 Å². The van der Waals surface area contributed by atoms with Crippen molar-refractivity contribution in [1.29, 1.82) is 0 Å². The molecule has 0 aliphatic rings. The highest BCUT2D eigenvalue weighted by atomic mass is 13.9. The van der Waals surface area contributed by atoms with E-state index in [1.54, 1.807) is 0 Å². The van der Waals surface area contributed by atoms with Crippen LogP contribution in [0.2, 0.25) is 0 Å². The molecule has 0 aliphatic carbocycles. The van der Waals surface area contributed by atoms with Gasteiger partial charge in [-0.3, -0.25) is 0 Å². The first-order chi connectivity index (χ1) is 8.36. The van der Waals surface area contributed by atoms with Crippen molar-refractivity contribution < 1.29 is 0 Å². The van der Waals surface area contributed by atoms with Crippen molar-refractivity contribution in [3.8, 4) is 0 Å². The van der Waals surface area contributed by atoms with Gasteiger partial charge < -0.3 is 0 Å². The van der Waals surface area contributed by atoms with Gasteiger partial charge >= 0.3 is 0 Å². The van der Waals surface area contributed by atoms with Gasteiger partial charge in [0, 0.05) is 0 Å². The lowest BCUT2D eigenvalue weighted by Crippen LogP contribution is -1.73. The van der Waals surface area contributed by atoms with Gasteiger partial charge in [-0.15, -0.1) is 0 Å². The van der Waals surface area contributed by atoms with Crippen molar-refractivity contribution in [3.05, 3.63) is 77.9 Å². The largest absolute Gasteiger partial charge is 0.0871 e. The van der Waals surface area contributed by atoms with Crippen LogP contribution in [-0.2, 0) is 6.42 Å². The first-order valence-electron chi connectivity index (χ1n) is 6.08. The molecule has 0 heteroatoms. The fourth-order valence-electron chi connectivity index (χ4n) is 1.47. The summed E-state index contributed by atoms with van der Waals surface area (Å²) in [6, 6.07) is 20.7. The van der Waals surface area contributed by atoms with Crippen molar-refractivity contribution in [2.24, 2.45) is 0 Å². The molecule has 2 aromatic carbocycles. The minimum Gasteiger partial charge on any atom is -0.0871 e.